The first-order valence-corrected chi connectivity index (χ1v) is 4.75. The van der Waals surface area contributed by atoms with Gasteiger partial charge in [-0.2, -0.15) is 0 Å². The van der Waals surface area contributed by atoms with Crippen molar-refractivity contribution in [2.45, 2.75) is 25.2 Å². The van der Waals surface area contributed by atoms with Crippen molar-refractivity contribution in [3.63, 3.8) is 0 Å². The molecule has 80 valence electrons. The SMILES string of the molecule is CC1(O)NC(=O)OC1(C)c1ccccc1. The number of hydrogen-bond acceptors (Lipinski definition) is 3. The lowest BCUT2D eigenvalue weighted by atomic mass is 9.87. The van der Waals surface area contributed by atoms with Crippen molar-refractivity contribution >= 4 is 6.09 Å². The van der Waals surface area contributed by atoms with Crippen molar-refractivity contribution in [1.29, 1.82) is 0 Å². The molecule has 1 amide bonds. The first-order chi connectivity index (χ1) is 6.96. The maximum absolute atomic E-state index is 11.2. The number of rotatable bonds is 1. The van der Waals surface area contributed by atoms with Crippen molar-refractivity contribution in [3.05, 3.63) is 35.9 Å². The second-order valence-electron chi connectivity index (χ2n) is 3.99. The molecule has 2 unspecified atom stereocenters. The van der Waals surface area contributed by atoms with Crippen LogP contribution in [0.25, 0.3) is 0 Å². The summed E-state index contributed by atoms with van der Waals surface area (Å²) in [6, 6.07) is 9.17. The number of carbonyl (C=O) groups is 1. The average molecular weight is 207 g/mol. The third-order valence-electron chi connectivity index (χ3n) is 2.90. The van der Waals surface area contributed by atoms with Gasteiger partial charge in [-0.15, -0.1) is 0 Å². The van der Waals surface area contributed by atoms with Crippen LogP contribution in [-0.2, 0) is 10.3 Å². The van der Waals surface area contributed by atoms with Crippen molar-refractivity contribution < 1.29 is 14.6 Å². The summed E-state index contributed by atoms with van der Waals surface area (Å²) in [6.07, 6.45) is -0.605. The molecule has 1 heterocycles. The summed E-state index contributed by atoms with van der Waals surface area (Å²) in [5, 5.41) is 12.5. The molecule has 0 aliphatic carbocycles. The first kappa shape index (κ1) is 9.98. The molecular formula is C11H13NO3. The fourth-order valence-electron chi connectivity index (χ4n) is 1.72. The third-order valence-corrected chi connectivity index (χ3v) is 2.90. The van der Waals surface area contributed by atoms with Gasteiger partial charge < -0.3 is 9.84 Å². The minimum Gasteiger partial charge on any atom is -0.433 e. The molecule has 2 N–H and O–H groups in total. The number of amides is 1. The summed E-state index contributed by atoms with van der Waals surface area (Å²) >= 11 is 0. The Labute approximate surface area is 87.9 Å². The van der Waals surface area contributed by atoms with E-state index in [2.05, 4.69) is 5.32 Å². The van der Waals surface area contributed by atoms with Gasteiger partial charge >= 0.3 is 6.09 Å². The van der Waals surface area contributed by atoms with Crippen LogP contribution in [0.4, 0.5) is 4.79 Å². The molecule has 2 atom stereocenters. The van der Waals surface area contributed by atoms with Gasteiger partial charge in [-0.05, 0) is 13.8 Å². The van der Waals surface area contributed by atoms with E-state index in [1.807, 2.05) is 30.3 Å². The molecular weight excluding hydrogens is 194 g/mol. The van der Waals surface area contributed by atoms with E-state index in [-0.39, 0.29) is 0 Å². The average Bonchev–Trinajstić information content (AvgIpc) is 2.38. The highest BCUT2D eigenvalue weighted by Gasteiger charge is 2.55. The summed E-state index contributed by atoms with van der Waals surface area (Å²) in [6.45, 7) is 3.20. The van der Waals surface area contributed by atoms with Gasteiger partial charge in [0.2, 0.25) is 0 Å². The normalized spacial score (nSPS) is 34.7. The van der Waals surface area contributed by atoms with Crippen molar-refractivity contribution in [1.82, 2.24) is 5.32 Å². The number of carbonyl (C=O) groups excluding carboxylic acids is 1. The number of hydrogen-bond donors (Lipinski definition) is 2. The molecule has 0 saturated carbocycles. The van der Waals surface area contributed by atoms with E-state index in [1.54, 1.807) is 6.92 Å². The quantitative estimate of drug-likeness (QED) is 0.730. The molecule has 0 aromatic heterocycles. The van der Waals surface area contributed by atoms with Crippen LogP contribution in [0.1, 0.15) is 19.4 Å². The molecule has 0 bridgehead atoms. The Hall–Kier alpha value is -1.55. The van der Waals surface area contributed by atoms with E-state index in [4.69, 9.17) is 4.74 Å². The van der Waals surface area contributed by atoms with E-state index < -0.39 is 17.4 Å². The van der Waals surface area contributed by atoms with Crippen LogP contribution in [0.5, 0.6) is 0 Å². The second-order valence-corrected chi connectivity index (χ2v) is 3.99. The Balaban J connectivity index is 2.47. The van der Waals surface area contributed by atoms with E-state index in [9.17, 15) is 9.90 Å². The van der Waals surface area contributed by atoms with Gasteiger partial charge in [0, 0.05) is 5.56 Å². The molecule has 2 rings (SSSR count). The standard InChI is InChI=1S/C11H13NO3/c1-10(8-6-4-3-5-7-8)11(2,14)12-9(13)15-10/h3-7,14H,1-2H3,(H,12,13). The van der Waals surface area contributed by atoms with Gasteiger partial charge in [-0.25, -0.2) is 4.79 Å². The number of ether oxygens (including phenoxy) is 1. The Morgan fingerprint density at radius 1 is 1.27 bits per heavy atom. The smallest absolute Gasteiger partial charge is 0.410 e. The summed E-state index contributed by atoms with van der Waals surface area (Å²) in [5.41, 5.74) is -1.69. The predicted molar refractivity (Wildman–Crippen MR) is 54.0 cm³/mol. The first-order valence-electron chi connectivity index (χ1n) is 4.75. The van der Waals surface area contributed by atoms with Crippen molar-refractivity contribution in [2.75, 3.05) is 0 Å². The van der Waals surface area contributed by atoms with Gasteiger partial charge in [-0.1, -0.05) is 30.3 Å². The molecule has 1 aliphatic heterocycles. The van der Waals surface area contributed by atoms with Crippen molar-refractivity contribution in [2.24, 2.45) is 0 Å². The van der Waals surface area contributed by atoms with Crippen LogP contribution in [0, 0.1) is 0 Å². The number of nitrogens with one attached hydrogen (secondary N) is 1. The number of alkyl carbamates (subject to hydrolysis) is 1. The van der Waals surface area contributed by atoms with Crippen LogP contribution in [0.2, 0.25) is 0 Å². The highest BCUT2D eigenvalue weighted by Crippen LogP contribution is 2.38. The van der Waals surface area contributed by atoms with Crippen LogP contribution >= 0.6 is 0 Å². The Bertz CT molecular complexity index is 388. The monoisotopic (exact) mass is 207 g/mol. The lowest BCUT2D eigenvalue weighted by Crippen LogP contribution is -2.51. The molecule has 1 aromatic rings. The zero-order chi connectivity index (χ0) is 11.1. The largest absolute Gasteiger partial charge is 0.433 e. The van der Waals surface area contributed by atoms with Crippen LogP contribution < -0.4 is 5.32 Å². The lowest BCUT2D eigenvalue weighted by Gasteiger charge is -2.33. The number of cyclic esters (lactones) is 1. The topological polar surface area (TPSA) is 58.6 Å². The van der Waals surface area contributed by atoms with E-state index in [1.165, 1.54) is 6.92 Å². The van der Waals surface area contributed by atoms with E-state index in [0.717, 1.165) is 5.56 Å². The zero-order valence-electron chi connectivity index (χ0n) is 8.65. The fourth-order valence-corrected chi connectivity index (χ4v) is 1.72. The summed E-state index contributed by atoms with van der Waals surface area (Å²) in [4.78, 5) is 11.2. The maximum Gasteiger partial charge on any atom is 0.410 e. The molecule has 0 spiro atoms. The van der Waals surface area contributed by atoms with Crippen LogP contribution in [0.3, 0.4) is 0 Å². The molecule has 4 nitrogen and oxygen atoms in total. The van der Waals surface area contributed by atoms with Gasteiger partial charge in [0.25, 0.3) is 0 Å². The van der Waals surface area contributed by atoms with Crippen LogP contribution in [0.15, 0.2) is 30.3 Å². The van der Waals surface area contributed by atoms with Crippen molar-refractivity contribution in [3.8, 4) is 0 Å². The predicted octanol–water partition coefficient (Wildman–Crippen LogP) is 1.35. The maximum atomic E-state index is 11.2. The molecule has 1 fully saturated rings. The third kappa shape index (κ3) is 1.37. The molecule has 1 aliphatic rings. The number of benzene rings is 1. The Morgan fingerprint density at radius 3 is 2.33 bits per heavy atom. The van der Waals surface area contributed by atoms with Gasteiger partial charge in [-0.3, -0.25) is 5.32 Å². The number of aliphatic hydroxyl groups is 1. The molecule has 15 heavy (non-hydrogen) atoms. The zero-order valence-corrected chi connectivity index (χ0v) is 8.65. The molecule has 0 radical (unpaired) electrons. The fraction of sp³-hybridized carbons (Fsp3) is 0.364. The van der Waals surface area contributed by atoms with E-state index >= 15 is 0 Å². The Kier molecular flexibility index (Phi) is 1.98. The van der Waals surface area contributed by atoms with Crippen LogP contribution in [-0.4, -0.2) is 16.9 Å². The minimum absolute atomic E-state index is 0.605. The molecule has 4 heteroatoms. The van der Waals surface area contributed by atoms with Gasteiger partial charge in [0.15, 0.2) is 11.3 Å². The summed E-state index contributed by atoms with van der Waals surface area (Å²) < 4.78 is 5.15. The van der Waals surface area contributed by atoms with Gasteiger partial charge in [0.05, 0.1) is 0 Å². The Morgan fingerprint density at radius 2 is 1.87 bits per heavy atom. The highest BCUT2D eigenvalue weighted by atomic mass is 16.6. The van der Waals surface area contributed by atoms with E-state index in [0.29, 0.717) is 0 Å². The lowest BCUT2D eigenvalue weighted by molar-refractivity contribution is -0.0988. The van der Waals surface area contributed by atoms with Gasteiger partial charge in [0.1, 0.15) is 0 Å². The summed E-state index contributed by atoms with van der Waals surface area (Å²) in [5.74, 6) is 0. The molecule has 1 saturated heterocycles. The highest BCUT2D eigenvalue weighted by molar-refractivity contribution is 5.72. The second kappa shape index (κ2) is 2.97. The summed E-state index contributed by atoms with van der Waals surface area (Å²) in [7, 11) is 0. The minimum atomic E-state index is -1.40. The molecule has 1 aromatic carbocycles.